The van der Waals surface area contributed by atoms with Crippen molar-refractivity contribution in [2.45, 2.75) is 17.6 Å². The predicted octanol–water partition coefficient (Wildman–Crippen LogP) is 5.31. The summed E-state index contributed by atoms with van der Waals surface area (Å²) in [5, 5.41) is 0. The number of nitrogens with zero attached hydrogens (tertiary/aromatic N) is 4. The van der Waals surface area contributed by atoms with Gasteiger partial charge in [0.25, 0.3) is 0 Å². The Balaban J connectivity index is 0.000000287. The van der Waals surface area contributed by atoms with Crippen LogP contribution in [0.5, 0.6) is 0 Å². The summed E-state index contributed by atoms with van der Waals surface area (Å²) in [5.41, 5.74) is 2.09. The standard InChI is InChI=1S/C11H8Cl3N3.C7H10NO.BF4/c1-7-15-9(8-5-3-2-4-6-8)17-10(16-7)11(12,13)14;1-7-3-5-8(9-2)6-4-7;2-1(3,4)5/h2-6H,1H3;3-6H,1-2H3;/q;+1;-1. The Morgan fingerprint density at radius 2 is 1.39 bits per heavy atom. The van der Waals surface area contributed by atoms with E-state index in [1.165, 1.54) is 5.56 Å². The van der Waals surface area contributed by atoms with E-state index in [-0.39, 0.29) is 5.82 Å². The summed E-state index contributed by atoms with van der Waals surface area (Å²) in [4.78, 5) is 17.3. The third kappa shape index (κ3) is 11.7. The summed E-state index contributed by atoms with van der Waals surface area (Å²) in [5.74, 6) is 1.15. The lowest BCUT2D eigenvalue weighted by molar-refractivity contribution is -0.885. The normalized spacial score (nSPS) is 10.9. The van der Waals surface area contributed by atoms with Crippen molar-refractivity contribution in [2.75, 3.05) is 7.11 Å². The summed E-state index contributed by atoms with van der Waals surface area (Å²) in [7, 11) is -4.37. The van der Waals surface area contributed by atoms with Crippen LogP contribution in [0.3, 0.4) is 0 Å². The van der Waals surface area contributed by atoms with Gasteiger partial charge in [0.1, 0.15) is 12.9 Å². The molecule has 0 saturated heterocycles. The molecular weight excluding hydrogens is 481 g/mol. The van der Waals surface area contributed by atoms with Gasteiger partial charge in [0, 0.05) is 22.4 Å². The summed E-state index contributed by atoms with van der Waals surface area (Å²) in [6.45, 7) is 3.77. The quantitative estimate of drug-likeness (QED) is 0.207. The van der Waals surface area contributed by atoms with Crippen molar-refractivity contribution in [3.63, 3.8) is 0 Å². The Hall–Kier alpha value is -2.17. The second kappa shape index (κ2) is 12.0. The minimum Gasteiger partial charge on any atom is -0.418 e. The van der Waals surface area contributed by atoms with Crippen LogP contribution < -0.4 is 9.57 Å². The van der Waals surface area contributed by atoms with Crippen LogP contribution in [-0.2, 0) is 3.79 Å². The van der Waals surface area contributed by atoms with Gasteiger partial charge in [-0.3, -0.25) is 4.84 Å². The average molecular weight is 500 g/mol. The summed E-state index contributed by atoms with van der Waals surface area (Å²) < 4.78 is 39.0. The smallest absolute Gasteiger partial charge is 0.418 e. The minimum atomic E-state index is -6.00. The third-order valence-corrected chi connectivity index (χ3v) is 3.72. The fourth-order valence-electron chi connectivity index (χ4n) is 1.93. The molecule has 0 atom stereocenters. The number of benzene rings is 1. The highest BCUT2D eigenvalue weighted by atomic mass is 35.6. The first kappa shape index (κ1) is 26.9. The van der Waals surface area contributed by atoms with Crippen molar-refractivity contribution in [2.24, 2.45) is 0 Å². The topological polar surface area (TPSA) is 51.8 Å². The molecule has 31 heavy (non-hydrogen) atoms. The molecule has 0 unspecified atom stereocenters. The summed E-state index contributed by atoms with van der Waals surface area (Å²) in [6.07, 6.45) is 3.74. The maximum Gasteiger partial charge on any atom is 0.673 e. The lowest BCUT2D eigenvalue weighted by atomic mass is 10.2. The van der Waals surface area contributed by atoms with Crippen molar-refractivity contribution < 1.29 is 26.8 Å². The van der Waals surface area contributed by atoms with Crippen LogP contribution >= 0.6 is 34.8 Å². The molecule has 0 amide bonds. The first-order chi connectivity index (χ1) is 14.3. The number of hydrogen-bond acceptors (Lipinski definition) is 4. The van der Waals surface area contributed by atoms with E-state index in [1.807, 2.05) is 61.8 Å². The number of alkyl halides is 3. The van der Waals surface area contributed by atoms with Gasteiger partial charge >= 0.3 is 7.25 Å². The molecule has 0 radical (unpaired) electrons. The zero-order valence-electron chi connectivity index (χ0n) is 16.6. The molecule has 0 fully saturated rings. The summed E-state index contributed by atoms with van der Waals surface area (Å²) >= 11 is 17.3. The Kier molecular flexibility index (Phi) is 10.4. The molecular formula is C18H18BCl3F4N4O. The largest absolute Gasteiger partial charge is 0.673 e. The zero-order chi connectivity index (χ0) is 23.7. The number of aromatic nitrogens is 4. The number of aryl methyl sites for hydroxylation is 2. The highest BCUT2D eigenvalue weighted by Gasteiger charge is 2.27. The maximum absolute atomic E-state index is 9.75. The van der Waals surface area contributed by atoms with E-state index in [1.54, 1.807) is 18.8 Å². The molecule has 168 valence electrons. The monoisotopic (exact) mass is 498 g/mol. The highest BCUT2D eigenvalue weighted by molar-refractivity contribution is 6.66. The van der Waals surface area contributed by atoms with Crippen LogP contribution in [0.2, 0.25) is 0 Å². The van der Waals surface area contributed by atoms with Gasteiger partial charge in [-0.05, 0) is 19.4 Å². The molecule has 3 aromatic rings. The Bertz CT molecular complexity index is 937. The van der Waals surface area contributed by atoms with E-state index in [0.29, 0.717) is 11.6 Å². The number of hydrogen-bond donors (Lipinski definition) is 0. The highest BCUT2D eigenvalue weighted by Crippen LogP contribution is 2.36. The second-order valence-electron chi connectivity index (χ2n) is 5.81. The molecule has 5 nitrogen and oxygen atoms in total. The fourth-order valence-corrected chi connectivity index (χ4v) is 2.19. The SMILES string of the molecule is CO[n+]1ccc(C)cc1.Cc1nc(-c2ccccc2)nc(C(Cl)(Cl)Cl)n1.F[B-](F)(F)F. The molecule has 13 heteroatoms. The lowest BCUT2D eigenvalue weighted by Crippen LogP contribution is -2.39. The van der Waals surface area contributed by atoms with Crippen molar-refractivity contribution in [1.82, 2.24) is 15.0 Å². The molecule has 0 aliphatic heterocycles. The van der Waals surface area contributed by atoms with Crippen molar-refractivity contribution >= 4 is 42.1 Å². The second-order valence-corrected chi connectivity index (χ2v) is 8.09. The molecule has 0 aliphatic rings. The molecule has 0 aliphatic carbocycles. The molecule has 0 N–H and O–H groups in total. The van der Waals surface area contributed by atoms with E-state index in [0.717, 1.165) is 5.56 Å². The van der Waals surface area contributed by atoms with Crippen LogP contribution in [0.25, 0.3) is 11.4 Å². The van der Waals surface area contributed by atoms with Crippen LogP contribution in [-0.4, -0.2) is 29.3 Å². The number of halogens is 7. The molecule has 0 bridgehead atoms. The third-order valence-electron chi connectivity index (χ3n) is 3.21. The molecule has 2 heterocycles. The maximum atomic E-state index is 9.75. The van der Waals surface area contributed by atoms with Crippen molar-refractivity contribution in [3.05, 3.63) is 72.1 Å². The van der Waals surface area contributed by atoms with Crippen molar-refractivity contribution in [3.8, 4) is 11.4 Å². The van der Waals surface area contributed by atoms with E-state index >= 15 is 0 Å². The van der Waals surface area contributed by atoms with Gasteiger partial charge in [0.2, 0.25) is 16.2 Å². The van der Waals surface area contributed by atoms with Crippen LogP contribution in [0.4, 0.5) is 17.3 Å². The van der Waals surface area contributed by atoms with E-state index in [4.69, 9.17) is 39.6 Å². The Morgan fingerprint density at radius 3 is 1.84 bits per heavy atom. The molecule has 0 saturated carbocycles. The first-order valence-electron chi connectivity index (χ1n) is 8.54. The minimum absolute atomic E-state index is 0.133. The lowest BCUT2D eigenvalue weighted by Gasteiger charge is -2.10. The van der Waals surface area contributed by atoms with Gasteiger partial charge in [-0.1, -0.05) is 65.1 Å². The van der Waals surface area contributed by atoms with Gasteiger partial charge in [-0.15, -0.1) is 0 Å². The number of pyridine rings is 1. The van der Waals surface area contributed by atoms with Crippen LogP contribution in [0.1, 0.15) is 17.2 Å². The first-order valence-corrected chi connectivity index (χ1v) is 9.68. The van der Waals surface area contributed by atoms with Gasteiger partial charge in [0.15, 0.2) is 11.6 Å². The van der Waals surface area contributed by atoms with E-state index in [9.17, 15) is 17.3 Å². The van der Waals surface area contributed by atoms with Crippen molar-refractivity contribution in [1.29, 1.82) is 0 Å². The molecule has 1 aromatic carbocycles. The predicted molar refractivity (Wildman–Crippen MR) is 113 cm³/mol. The van der Waals surface area contributed by atoms with E-state index in [2.05, 4.69) is 15.0 Å². The van der Waals surface area contributed by atoms with Gasteiger partial charge in [-0.25, -0.2) is 15.0 Å². The Morgan fingerprint density at radius 1 is 0.871 bits per heavy atom. The van der Waals surface area contributed by atoms with Gasteiger partial charge < -0.3 is 17.3 Å². The van der Waals surface area contributed by atoms with E-state index < -0.39 is 11.0 Å². The van der Waals surface area contributed by atoms with Gasteiger partial charge in [-0.2, -0.15) is 0 Å². The van der Waals surface area contributed by atoms with Gasteiger partial charge in [0.05, 0.1) is 0 Å². The fraction of sp³-hybridized carbons (Fsp3) is 0.222. The van der Waals surface area contributed by atoms with Crippen LogP contribution in [0.15, 0.2) is 54.9 Å². The summed E-state index contributed by atoms with van der Waals surface area (Å²) in [6, 6.07) is 13.4. The molecule has 3 rings (SSSR count). The molecule has 0 spiro atoms. The molecule has 2 aromatic heterocycles. The number of rotatable bonds is 2. The average Bonchev–Trinajstić information content (AvgIpc) is 2.67. The zero-order valence-corrected chi connectivity index (χ0v) is 18.9. The Labute approximate surface area is 192 Å². The van der Waals surface area contributed by atoms with Crippen LogP contribution in [0, 0.1) is 13.8 Å².